The summed E-state index contributed by atoms with van der Waals surface area (Å²) in [5, 5.41) is 2.36. The Balaban J connectivity index is 1.56. The van der Waals surface area contributed by atoms with Crippen LogP contribution < -0.4 is 5.32 Å². The van der Waals surface area contributed by atoms with Crippen molar-refractivity contribution in [3.63, 3.8) is 0 Å². The minimum atomic E-state index is -3.61. The minimum Gasteiger partial charge on any atom is -0.322 e. The van der Waals surface area contributed by atoms with Gasteiger partial charge in [-0.05, 0) is 42.2 Å². The van der Waals surface area contributed by atoms with Crippen molar-refractivity contribution >= 4 is 21.6 Å². The van der Waals surface area contributed by atoms with Gasteiger partial charge in [0.2, 0.25) is 15.9 Å². The first-order valence-corrected chi connectivity index (χ1v) is 11.7. The molecule has 0 saturated carbocycles. The Kier molecular flexibility index (Phi) is 7.40. The Morgan fingerprint density at radius 1 is 1.06 bits per heavy atom. The lowest BCUT2D eigenvalue weighted by molar-refractivity contribution is -0.117. The van der Waals surface area contributed by atoms with Crippen LogP contribution in [0.3, 0.4) is 0 Å². The molecule has 1 aliphatic rings. The van der Waals surface area contributed by atoms with Crippen molar-refractivity contribution in [3.8, 4) is 0 Å². The molecule has 2 aromatic rings. The molecule has 9 heteroatoms. The highest BCUT2D eigenvalue weighted by Crippen LogP contribution is 2.23. The third-order valence-corrected chi connectivity index (χ3v) is 7.51. The standard InChI is InChI=1S/C22H27F2N3O3S/c1-3-16(2)17-4-7-19(8-5-17)31(29,30)27-12-10-26(11-13-27)15-22(28)25-21-14-18(23)6-9-20(21)24/h4-9,14,16H,3,10-13,15H2,1-2H3,(H,25,28). The van der Waals surface area contributed by atoms with E-state index in [1.807, 2.05) is 12.1 Å². The van der Waals surface area contributed by atoms with Crippen molar-refractivity contribution in [2.75, 3.05) is 38.0 Å². The Hall–Kier alpha value is -2.36. The average Bonchev–Trinajstić information content (AvgIpc) is 2.76. The molecule has 3 rings (SSSR count). The maximum absolute atomic E-state index is 13.7. The van der Waals surface area contributed by atoms with Crippen LogP contribution in [0.2, 0.25) is 0 Å². The highest BCUT2D eigenvalue weighted by molar-refractivity contribution is 7.89. The zero-order valence-electron chi connectivity index (χ0n) is 17.6. The van der Waals surface area contributed by atoms with Crippen molar-refractivity contribution in [1.29, 1.82) is 0 Å². The number of piperazine rings is 1. The molecule has 1 unspecified atom stereocenters. The van der Waals surface area contributed by atoms with Crippen molar-refractivity contribution in [3.05, 3.63) is 59.7 Å². The van der Waals surface area contributed by atoms with Gasteiger partial charge in [0.1, 0.15) is 11.6 Å². The van der Waals surface area contributed by atoms with Crippen LogP contribution in [-0.2, 0) is 14.8 Å². The third kappa shape index (κ3) is 5.66. The third-order valence-electron chi connectivity index (χ3n) is 5.60. The molecule has 168 valence electrons. The maximum atomic E-state index is 13.7. The summed E-state index contributed by atoms with van der Waals surface area (Å²) in [7, 11) is -3.61. The van der Waals surface area contributed by atoms with Crippen LogP contribution in [0.5, 0.6) is 0 Å². The number of nitrogens with zero attached hydrogens (tertiary/aromatic N) is 2. The number of carbonyl (C=O) groups is 1. The van der Waals surface area contributed by atoms with E-state index in [4.69, 9.17) is 0 Å². The second kappa shape index (κ2) is 9.84. The molecule has 0 radical (unpaired) electrons. The number of rotatable bonds is 7. The Morgan fingerprint density at radius 3 is 2.32 bits per heavy atom. The summed E-state index contributed by atoms with van der Waals surface area (Å²) < 4.78 is 54.2. The molecule has 2 aromatic carbocycles. The predicted molar refractivity (Wildman–Crippen MR) is 115 cm³/mol. The number of sulfonamides is 1. The molecule has 0 aliphatic carbocycles. The highest BCUT2D eigenvalue weighted by atomic mass is 32.2. The first kappa shape index (κ1) is 23.3. The molecule has 1 amide bonds. The van der Waals surface area contributed by atoms with Gasteiger partial charge >= 0.3 is 0 Å². The Morgan fingerprint density at radius 2 is 1.71 bits per heavy atom. The lowest BCUT2D eigenvalue weighted by Gasteiger charge is -2.33. The Bertz CT molecular complexity index is 1020. The molecule has 0 spiro atoms. The van der Waals surface area contributed by atoms with E-state index in [9.17, 15) is 22.0 Å². The molecule has 31 heavy (non-hydrogen) atoms. The second-order valence-corrected chi connectivity index (χ2v) is 9.67. The van der Waals surface area contributed by atoms with Crippen LogP contribution >= 0.6 is 0 Å². The average molecular weight is 452 g/mol. The Labute approximate surface area is 181 Å². The van der Waals surface area contributed by atoms with Crippen LogP contribution in [0.4, 0.5) is 14.5 Å². The quantitative estimate of drug-likeness (QED) is 0.700. The number of hydrogen-bond donors (Lipinski definition) is 1. The lowest BCUT2D eigenvalue weighted by Crippen LogP contribution is -2.50. The minimum absolute atomic E-state index is 0.0343. The maximum Gasteiger partial charge on any atom is 0.243 e. The first-order valence-electron chi connectivity index (χ1n) is 10.3. The summed E-state index contributed by atoms with van der Waals surface area (Å²) in [4.78, 5) is 14.2. The number of nitrogens with one attached hydrogen (secondary N) is 1. The highest BCUT2D eigenvalue weighted by Gasteiger charge is 2.29. The monoisotopic (exact) mass is 451 g/mol. The van der Waals surface area contributed by atoms with Gasteiger partial charge in [0.05, 0.1) is 17.1 Å². The zero-order chi connectivity index (χ0) is 22.6. The van der Waals surface area contributed by atoms with Gasteiger partial charge in [0, 0.05) is 32.2 Å². The smallest absolute Gasteiger partial charge is 0.243 e. The van der Waals surface area contributed by atoms with Gasteiger partial charge in [-0.2, -0.15) is 4.31 Å². The van der Waals surface area contributed by atoms with Gasteiger partial charge < -0.3 is 5.32 Å². The van der Waals surface area contributed by atoms with Crippen LogP contribution in [0.1, 0.15) is 31.7 Å². The number of benzene rings is 2. The van der Waals surface area contributed by atoms with Crippen LogP contribution in [0.25, 0.3) is 0 Å². The predicted octanol–water partition coefficient (Wildman–Crippen LogP) is 3.42. The number of amides is 1. The van der Waals surface area contributed by atoms with Gasteiger partial charge in [-0.15, -0.1) is 0 Å². The zero-order valence-corrected chi connectivity index (χ0v) is 18.5. The number of halogens is 2. The molecular formula is C22H27F2N3O3S. The largest absolute Gasteiger partial charge is 0.322 e. The van der Waals surface area contributed by atoms with Crippen molar-refractivity contribution in [2.45, 2.75) is 31.1 Å². The number of hydrogen-bond acceptors (Lipinski definition) is 4. The first-order chi connectivity index (χ1) is 14.7. The molecule has 1 heterocycles. The van der Waals surface area contributed by atoms with E-state index in [-0.39, 0.29) is 30.2 Å². The summed E-state index contributed by atoms with van der Waals surface area (Å²) >= 11 is 0. The van der Waals surface area contributed by atoms with Crippen LogP contribution in [-0.4, -0.2) is 56.3 Å². The summed E-state index contributed by atoms with van der Waals surface area (Å²) in [6.45, 7) is 5.37. The van der Waals surface area contributed by atoms with E-state index in [1.54, 1.807) is 17.0 Å². The fourth-order valence-electron chi connectivity index (χ4n) is 3.47. The van der Waals surface area contributed by atoms with Gasteiger partial charge in [-0.3, -0.25) is 9.69 Å². The number of anilines is 1. The molecule has 0 aromatic heterocycles. The fourth-order valence-corrected chi connectivity index (χ4v) is 4.89. The van der Waals surface area contributed by atoms with Crippen molar-refractivity contribution in [1.82, 2.24) is 9.21 Å². The van der Waals surface area contributed by atoms with Gasteiger partial charge in [-0.1, -0.05) is 26.0 Å². The van der Waals surface area contributed by atoms with E-state index in [2.05, 4.69) is 19.2 Å². The number of carbonyl (C=O) groups excluding carboxylic acids is 1. The summed E-state index contributed by atoms with van der Waals surface area (Å²) in [5.74, 6) is -1.48. The molecule has 1 atom stereocenters. The molecule has 0 bridgehead atoms. The molecular weight excluding hydrogens is 424 g/mol. The van der Waals surface area contributed by atoms with Crippen molar-refractivity contribution in [2.24, 2.45) is 0 Å². The van der Waals surface area contributed by atoms with Crippen LogP contribution in [0, 0.1) is 11.6 Å². The van der Waals surface area contributed by atoms with Gasteiger partial charge in [0.15, 0.2) is 0 Å². The normalized spacial score (nSPS) is 16.8. The molecule has 1 fully saturated rings. The molecule has 1 saturated heterocycles. The lowest BCUT2D eigenvalue weighted by atomic mass is 9.99. The summed E-state index contributed by atoms with van der Waals surface area (Å²) in [6, 6.07) is 9.84. The van der Waals surface area contributed by atoms with Gasteiger partial charge in [0.25, 0.3) is 0 Å². The molecule has 1 aliphatic heterocycles. The SMILES string of the molecule is CCC(C)c1ccc(S(=O)(=O)N2CCN(CC(=O)Nc3cc(F)ccc3F)CC2)cc1. The van der Waals surface area contributed by atoms with E-state index < -0.39 is 27.6 Å². The molecule has 1 N–H and O–H groups in total. The van der Waals surface area contributed by atoms with E-state index in [1.165, 1.54) is 4.31 Å². The molecule has 6 nitrogen and oxygen atoms in total. The van der Waals surface area contributed by atoms with Crippen molar-refractivity contribution < 1.29 is 22.0 Å². The van der Waals surface area contributed by atoms with Gasteiger partial charge in [-0.25, -0.2) is 17.2 Å². The van der Waals surface area contributed by atoms with E-state index in [0.717, 1.165) is 30.2 Å². The van der Waals surface area contributed by atoms with E-state index in [0.29, 0.717) is 19.0 Å². The summed E-state index contributed by atoms with van der Waals surface area (Å²) in [5.41, 5.74) is 0.888. The summed E-state index contributed by atoms with van der Waals surface area (Å²) in [6.07, 6.45) is 0.980. The fraction of sp³-hybridized carbons (Fsp3) is 0.409. The van der Waals surface area contributed by atoms with Crippen LogP contribution in [0.15, 0.2) is 47.4 Å². The topological polar surface area (TPSA) is 69.7 Å². The second-order valence-electron chi connectivity index (χ2n) is 7.73. The van der Waals surface area contributed by atoms with E-state index >= 15 is 0 Å².